The van der Waals surface area contributed by atoms with E-state index in [9.17, 15) is 28.8 Å². The molecular weight excluding hydrogens is 548 g/mol. The number of hydrogen-bond acceptors (Lipinski definition) is 13. The highest BCUT2D eigenvalue weighted by Gasteiger charge is 2.13. The number of ether oxygens (including phenoxy) is 5. The van der Waals surface area contributed by atoms with Crippen LogP contribution in [0.15, 0.2) is 48.5 Å². The van der Waals surface area contributed by atoms with E-state index in [2.05, 4.69) is 10.6 Å². The minimum atomic E-state index is -0.813. The topological polar surface area (TPSA) is 213 Å². The van der Waals surface area contributed by atoms with Gasteiger partial charge in [0.15, 0.2) is 13.2 Å². The molecule has 0 aromatic heterocycles. The second-order valence-corrected chi connectivity index (χ2v) is 7.77. The molecule has 0 fully saturated rings. The monoisotopic (exact) mass is 576 g/mol. The number of esters is 4. The van der Waals surface area contributed by atoms with E-state index >= 15 is 0 Å². The van der Waals surface area contributed by atoms with E-state index in [0.717, 1.165) is 0 Å². The van der Waals surface area contributed by atoms with Crippen LogP contribution in [0.3, 0.4) is 0 Å². The normalized spacial score (nSPS) is 10.2. The first-order valence-electron chi connectivity index (χ1n) is 12.0. The summed E-state index contributed by atoms with van der Waals surface area (Å²) in [5, 5.41) is 22.2. The van der Waals surface area contributed by atoms with Gasteiger partial charge in [-0.15, -0.1) is 0 Å². The molecule has 2 rings (SSSR count). The summed E-state index contributed by atoms with van der Waals surface area (Å²) in [7, 11) is 0. The number of carbonyl (C=O) groups excluding carboxylic acids is 6. The van der Waals surface area contributed by atoms with Crippen LogP contribution in [0.25, 0.3) is 0 Å². The lowest BCUT2D eigenvalue weighted by Crippen LogP contribution is -2.20. The van der Waals surface area contributed by atoms with E-state index < -0.39 is 62.1 Å². The molecule has 220 valence electrons. The van der Waals surface area contributed by atoms with E-state index in [0.29, 0.717) is 11.4 Å². The fraction of sp³-hybridized carbons (Fsp3) is 0.308. The van der Waals surface area contributed by atoms with Crippen LogP contribution < -0.4 is 10.6 Å². The summed E-state index contributed by atoms with van der Waals surface area (Å²) >= 11 is 0. The zero-order valence-corrected chi connectivity index (χ0v) is 21.7. The largest absolute Gasteiger partial charge is 0.461 e. The molecule has 0 saturated carbocycles. The Morgan fingerprint density at radius 3 is 1.24 bits per heavy atom. The summed E-state index contributed by atoms with van der Waals surface area (Å²) in [6, 6.07) is 11.2. The number of nitrogens with one attached hydrogen (secondary N) is 2. The minimum absolute atomic E-state index is 0.0258. The number of aliphatic hydroxyl groups excluding tert-OH is 2. The summed E-state index contributed by atoms with van der Waals surface area (Å²) in [6.45, 7) is -2.98. The van der Waals surface area contributed by atoms with Crippen LogP contribution in [-0.2, 0) is 42.9 Å². The van der Waals surface area contributed by atoms with Crippen molar-refractivity contribution in [3.63, 3.8) is 0 Å². The number of hydrogen-bond donors (Lipinski definition) is 4. The molecular formula is C26H28N2O13. The molecule has 0 atom stereocenters. The van der Waals surface area contributed by atoms with E-state index in [1.807, 2.05) is 0 Å². The van der Waals surface area contributed by atoms with E-state index in [1.54, 1.807) is 0 Å². The molecule has 15 nitrogen and oxygen atoms in total. The van der Waals surface area contributed by atoms with Crippen LogP contribution in [0.2, 0.25) is 0 Å². The molecule has 0 radical (unpaired) electrons. The van der Waals surface area contributed by atoms with Gasteiger partial charge in [0.25, 0.3) is 0 Å². The average molecular weight is 577 g/mol. The highest BCUT2D eigenvalue weighted by atomic mass is 16.6. The van der Waals surface area contributed by atoms with Gasteiger partial charge in [0.05, 0.1) is 24.3 Å². The third-order valence-corrected chi connectivity index (χ3v) is 4.72. The number of aliphatic hydroxyl groups is 2. The van der Waals surface area contributed by atoms with E-state index in [-0.39, 0.29) is 37.6 Å². The van der Waals surface area contributed by atoms with Crippen molar-refractivity contribution in [1.82, 2.24) is 0 Å². The van der Waals surface area contributed by atoms with Gasteiger partial charge in [0.1, 0.15) is 26.4 Å². The predicted molar refractivity (Wildman–Crippen MR) is 138 cm³/mol. The van der Waals surface area contributed by atoms with Crippen molar-refractivity contribution in [1.29, 1.82) is 0 Å². The molecule has 0 bridgehead atoms. The Morgan fingerprint density at radius 2 is 0.902 bits per heavy atom. The number of rotatable bonds is 16. The van der Waals surface area contributed by atoms with Gasteiger partial charge in [-0.25, -0.2) is 19.2 Å². The zero-order valence-electron chi connectivity index (χ0n) is 21.7. The van der Waals surface area contributed by atoms with Gasteiger partial charge in [0.2, 0.25) is 11.8 Å². The number of carbonyl (C=O) groups is 6. The predicted octanol–water partition coefficient (Wildman–Crippen LogP) is -0.335. The first-order chi connectivity index (χ1) is 19.7. The van der Waals surface area contributed by atoms with Crippen molar-refractivity contribution >= 4 is 47.1 Å². The second kappa shape index (κ2) is 17.7. The Morgan fingerprint density at radius 1 is 0.537 bits per heavy atom. The van der Waals surface area contributed by atoms with Gasteiger partial charge in [-0.05, 0) is 48.5 Å². The third kappa shape index (κ3) is 12.7. The fourth-order valence-electron chi connectivity index (χ4n) is 2.81. The minimum Gasteiger partial charge on any atom is -0.461 e. The summed E-state index contributed by atoms with van der Waals surface area (Å²) < 4.78 is 24.6. The maximum Gasteiger partial charge on any atom is 0.344 e. The Labute approximate surface area is 233 Å². The van der Waals surface area contributed by atoms with Crippen LogP contribution in [0.1, 0.15) is 20.7 Å². The molecule has 0 spiro atoms. The lowest BCUT2D eigenvalue weighted by molar-refractivity contribution is -0.150. The lowest BCUT2D eigenvalue weighted by atomic mass is 10.2. The highest BCUT2D eigenvalue weighted by molar-refractivity contribution is 5.95. The molecule has 2 amide bonds. The Bertz CT molecular complexity index is 1100. The summed E-state index contributed by atoms with van der Waals surface area (Å²) in [5.41, 5.74) is 0.997. The fourth-order valence-corrected chi connectivity index (χ4v) is 2.81. The van der Waals surface area contributed by atoms with E-state index in [1.165, 1.54) is 48.5 Å². The Balaban J connectivity index is 1.51. The quantitative estimate of drug-likeness (QED) is 0.115. The Hall–Kier alpha value is -4.86. The molecule has 0 unspecified atom stereocenters. The number of amides is 2. The SMILES string of the molecule is O=C(CO)Nc1ccc(C(=O)OCC(=O)OCCOCCOC(=O)COC(=O)c2ccc(NC(=O)CO)cc2)cc1. The van der Waals surface area contributed by atoms with Gasteiger partial charge in [-0.1, -0.05) is 0 Å². The Kier molecular flexibility index (Phi) is 13.9. The molecule has 4 N–H and O–H groups in total. The molecule has 0 aliphatic heterocycles. The highest BCUT2D eigenvalue weighted by Crippen LogP contribution is 2.11. The summed E-state index contributed by atoms with van der Waals surface area (Å²) in [4.78, 5) is 69.6. The van der Waals surface area contributed by atoms with Gasteiger partial charge < -0.3 is 44.5 Å². The smallest absolute Gasteiger partial charge is 0.344 e. The molecule has 0 heterocycles. The molecule has 2 aromatic rings. The number of benzene rings is 2. The third-order valence-electron chi connectivity index (χ3n) is 4.72. The van der Waals surface area contributed by atoms with Gasteiger partial charge in [-0.2, -0.15) is 0 Å². The summed E-state index contributed by atoms with van der Waals surface area (Å²) in [6.07, 6.45) is 0. The maximum atomic E-state index is 12.0. The van der Waals surface area contributed by atoms with Crippen molar-refractivity contribution in [3.8, 4) is 0 Å². The molecule has 15 heteroatoms. The van der Waals surface area contributed by atoms with Crippen molar-refractivity contribution in [3.05, 3.63) is 59.7 Å². The first kappa shape index (κ1) is 32.4. The van der Waals surface area contributed by atoms with Gasteiger partial charge in [-0.3, -0.25) is 9.59 Å². The molecule has 0 aliphatic rings. The lowest BCUT2D eigenvalue weighted by Gasteiger charge is -2.09. The second-order valence-electron chi connectivity index (χ2n) is 7.77. The van der Waals surface area contributed by atoms with Crippen LogP contribution in [0.5, 0.6) is 0 Å². The van der Waals surface area contributed by atoms with Crippen LogP contribution in [0, 0.1) is 0 Å². The summed E-state index contributed by atoms with van der Waals surface area (Å²) in [5.74, 6) is -4.42. The zero-order chi connectivity index (χ0) is 30.0. The molecule has 41 heavy (non-hydrogen) atoms. The first-order valence-corrected chi connectivity index (χ1v) is 12.0. The standard InChI is InChI=1S/C26H28N2O13/c29-13-21(31)27-19-5-1-17(2-6-19)25(35)40-15-23(33)38-11-9-37-10-12-39-24(34)16-41-26(36)18-3-7-20(8-4-18)28-22(32)14-30/h1-8,29-30H,9-16H2,(H,27,31)(H,28,32). The van der Waals surface area contributed by atoms with Crippen molar-refractivity contribution in [2.45, 2.75) is 0 Å². The number of anilines is 2. The molecule has 2 aromatic carbocycles. The van der Waals surface area contributed by atoms with Crippen LogP contribution in [-0.4, -0.2) is 98.8 Å². The van der Waals surface area contributed by atoms with E-state index in [4.69, 9.17) is 33.9 Å². The average Bonchev–Trinajstić information content (AvgIpc) is 2.98. The maximum absolute atomic E-state index is 12.0. The van der Waals surface area contributed by atoms with Gasteiger partial charge >= 0.3 is 23.9 Å². The van der Waals surface area contributed by atoms with Crippen LogP contribution >= 0.6 is 0 Å². The molecule has 0 aliphatic carbocycles. The van der Waals surface area contributed by atoms with Gasteiger partial charge in [0, 0.05) is 11.4 Å². The van der Waals surface area contributed by atoms with Crippen molar-refractivity contribution in [2.75, 3.05) is 63.5 Å². The van der Waals surface area contributed by atoms with Crippen molar-refractivity contribution < 1.29 is 62.7 Å². The molecule has 0 saturated heterocycles. The van der Waals surface area contributed by atoms with Crippen LogP contribution in [0.4, 0.5) is 11.4 Å². The van der Waals surface area contributed by atoms with Crippen molar-refractivity contribution in [2.24, 2.45) is 0 Å².